The van der Waals surface area contributed by atoms with E-state index < -0.39 is 0 Å². The lowest BCUT2D eigenvalue weighted by molar-refractivity contribution is 0.462. The summed E-state index contributed by atoms with van der Waals surface area (Å²) in [4.78, 5) is 6.96. The second-order valence-electron chi connectivity index (χ2n) is 7.81. The van der Waals surface area contributed by atoms with E-state index >= 15 is 0 Å². The summed E-state index contributed by atoms with van der Waals surface area (Å²) in [5, 5.41) is 0. The third kappa shape index (κ3) is 5.82. The second kappa shape index (κ2) is 10.8. The molecule has 0 N–H and O–H groups in total. The molecule has 0 atom stereocenters. The molecule has 3 rings (SSSR count). The predicted molar refractivity (Wildman–Crippen MR) is 123 cm³/mol. The van der Waals surface area contributed by atoms with Crippen LogP contribution >= 0.6 is 0 Å². The van der Waals surface area contributed by atoms with Crippen LogP contribution in [0.5, 0.6) is 0 Å². The first-order chi connectivity index (χ1) is 13.8. The zero-order valence-corrected chi connectivity index (χ0v) is 17.5. The minimum absolute atomic E-state index is 1.08. The van der Waals surface area contributed by atoms with Crippen molar-refractivity contribution < 1.29 is 0 Å². The zero-order chi connectivity index (χ0) is 19.6. The Bertz CT molecular complexity index is 776. The predicted octanol–water partition coefficient (Wildman–Crippen LogP) is 7.59. The number of fused-ring (bicyclic) bond motifs is 1. The summed E-state index contributed by atoms with van der Waals surface area (Å²) in [7, 11) is 0. The van der Waals surface area contributed by atoms with Crippen LogP contribution in [0.1, 0.15) is 70.8 Å². The summed E-state index contributed by atoms with van der Waals surface area (Å²) in [5.41, 5.74) is 5.87. The van der Waals surface area contributed by atoms with Crippen molar-refractivity contribution in [2.75, 3.05) is 6.54 Å². The smallest absolute Gasteiger partial charge is 0.0712 e. The topological polar surface area (TPSA) is 15.6 Å². The molecule has 148 valence electrons. The number of hydrogen-bond donors (Lipinski definition) is 0. The number of rotatable bonds is 10. The largest absolute Gasteiger partial charge is 0.354 e. The van der Waals surface area contributed by atoms with Crippen LogP contribution in [0.2, 0.25) is 0 Å². The Balaban J connectivity index is 1.42. The Morgan fingerprint density at radius 1 is 0.857 bits per heavy atom. The van der Waals surface area contributed by atoms with Crippen LogP contribution in [-0.2, 0) is 0 Å². The molecule has 0 radical (unpaired) electrons. The Labute approximate surface area is 171 Å². The standard InChI is InChI=1S/C26H34N2/c1-3-4-5-6-7-8-9-12-19-28-20-17-23(18-21-28)15-16-24-22(2)27-26-14-11-10-13-25(24)26/h10-11,13-18,20-21H,3-9,12,19H2,1-2H3/b24-16+. The van der Waals surface area contributed by atoms with Gasteiger partial charge in [0, 0.05) is 35.8 Å². The third-order valence-electron chi connectivity index (χ3n) is 5.50. The van der Waals surface area contributed by atoms with Gasteiger partial charge in [0.15, 0.2) is 0 Å². The summed E-state index contributed by atoms with van der Waals surface area (Å²) >= 11 is 0. The van der Waals surface area contributed by atoms with Crippen molar-refractivity contribution in [3.8, 4) is 0 Å². The number of unbranched alkanes of at least 4 members (excludes halogenated alkanes) is 7. The Morgan fingerprint density at radius 2 is 1.54 bits per heavy atom. The normalized spacial score (nSPS) is 16.6. The van der Waals surface area contributed by atoms with Crippen LogP contribution in [0.15, 0.2) is 71.5 Å². The Kier molecular flexibility index (Phi) is 7.90. The number of benzene rings is 1. The van der Waals surface area contributed by atoms with Gasteiger partial charge in [0.25, 0.3) is 0 Å². The molecule has 0 aliphatic carbocycles. The van der Waals surface area contributed by atoms with E-state index in [1.54, 1.807) is 0 Å². The first-order valence-corrected chi connectivity index (χ1v) is 11.0. The van der Waals surface area contributed by atoms with Gasteiger partial charge in [-0.25, -0.2) is 0 Å². The molecule has 2 heteroatoms. The van der Waals surface area contributed by atoms with Gasteiger partial charge >= 0.3 is 0 Å². The molecule has 0 unspecified atom stereocenters. The average molecular weight is 375 g/mol. The molecule has 1 aromatic carbocycles. The van der Waals surface area contributed by atoms with Gasteiger partial charge in [-0.1, -0.05) is 82.2 Å². The van der Waals surface area contributed by atoms with Gasteiger partial charge in [-0.05, 0) is 37.1 Å². The molecule has 0 fully saturated rings. The molecule has 0 saturated carbocycles. The maximum absolute atomic E-state index is 4.65. The molecule has 2 nitrogen and oxygen atoms in total. The third-order valence-corrected chi connectivity index (χ3v) is 5.50. The van der Waals surface area contributed by atoms with Crippen molar-refractivity contribution >= 4 is 17.0 Å². The summed E-state index contributed by atoms with van der Waals surface area (Å²) in [5.74, 6) is 0. The number of para-hydroxylation sites is 1. The summed E-state index contributed by atoms with van der Waals surface area (Å²) in [6, 6.07) is 8.36. The molecule has 1 aromatic rings. The van der Waals surface area contributed by atoms with E-state index in [0.29, 0.717) is 0 Å². The van der Waals surface area contributed by atoms with Crippen molar-refractivity contribution in [1.82, 2.24) is 4.90 Å². The highest BCUT2D eigenvalue weighted by Crippen LogP contribution is 2.34. The highest BCUT2D eigenvalue weighted by atomic mass is 15.1. The first kappa shape index (κ1) is 20.4. The molecule has 0 saturated heterocycles. The van der Waals surface area contributed by atoms with Crippen molar-refractivity contribution in [1.29, 1.82) is 0 Å². The van der Waals surface area contributed by atoms with Gasteiger partial charge < -0.3 is 4.90 Å². The average Bonchev–Trinajstić information content (AvgIpc) is 3.04. The van der Waals surface area contributed by atoms with Crippen molar-refractivity contribution in [2.24, 2.45) is 4.99 Å². The van der Waals surface area contributed by atoms with Gasteiger partial charge in [-0.3, -0.25) is 4.99 Å². The van der Waals surface area contributed by atoms with Crippen LogP contribution in [0.25, 0.3) is 5.57 Å². The lowest BCUT2D eigenvalue weighted by atomic mass is 10.0. The minimum atomic E-state index is 1.08. The van der Waals surface area contributed by atoms with E-state index in [0.717, 1.165) is 17.9 Å². The van der Waals surface area contributed by atoms with Crippen LogP contribution < -0.4 is 0 Å². The van der Waals surface area contributed by atoms with Gasteiger partial charge in [-0.15, -0.1) is 0 Å². The number of allylic oxidation sites excluding steroid dienone is 6. The van der Waals surface area contributed by atoms with Crippen molar-refractivity contribution in [3.63, 3.8) is 0 Å². The zero-order valence-electron chi connectivity index (χ0n) is 17.5. The van der Waals surface area contributed by atoms with Gasteiger partial charge in [-0.2, -0.15) is 0 Å². The molecule has 2 heterocycles. The lowest BCUT2D eigenvalue weighted by Gasteiger charge is -2.18. The van der Waals surface area contributed by atoms with Crippen molar-refractivity contribution in [2.45, 2.75) is 65.2 Å². The van der Waals surface area contributed by atoms with Crippen LogP contribution in [0, 0.1) is 0 Å². The van der Waals surface area contributed by atoms with Crippen LogP contribution in [0.3, 0.4) is 0 Å². The fourth-order valence-corrected chi connectivity index (χ4v) is 3.78. The molecule has 0 spiro atoms. The van der Waals surface area contributed by atoms with E-state index in [1.165, 1.54) is 68.1 Å². The van der Waals surface area contributed by atoms with Crippen molar-refractivity contribution in [3.05, 3.63) is 72.1 Å². The molecular formula is C26H34N2. The lowest BCUT2D eigenvalue weighted by Crippen LogP contribution is -2.13. The molecular weight excluding hydrogens is 340 g/mol. The number of hydrogen-bond acceptors (Lipinski definition) is 2. The summed E-state index contributed by atoms with van der Waals surface area (Å²) in [6.07, 6.45) is 24.2. The SMILES string of the molecule is CCCCCCCCCCN1C=CC(=C/C=C2\C(C)=Nc3ccccc32)C=C1. The van der Waals surface area contributed by atoms with E-state index in [1.807, 2.05) is 6.07 Å². The van der Waals surface area contributed by atoms with E-state index in [9.17, 15) is 0 Å². The molecule has 2 aliphatic heterocycles. The fraction of sp³-hybridized carbons (Fsp3) is 0.423. The number of nitrogens with zero attached hydrogens (tertiary/aromatic N) is 2. The Morgan fingerprint density at radius 3 is 2.29 bits per heavy atom. The summed E-state index contributed by atoms with van der Waals surface area (Å²) in [6.45, 7) is 5.48. The van der Waals surface area contributed by atoms with E-state index in [2.05, 4.69) is 78.6 Å². The fourth-order valence-electron chi connectivity index (χ4n) is 3.78. The van der Waals surface area contributed by atoms with Gasteiger partial charge in [0.05, 0.1) is 5.69 Å². The molecule has 0 aromatic heterocycles. The van der Waals surface area contributed by atoms with Gasteiger partial charge in [0.2, 0.25) is 0 Å². The molecule has 0 bridgehead atoms. The quantitative estimate of drug-likeness (QED) is 0.385. The van der Waals surface area contributed by atoms with E-state index in [-0.39, 0.29) is 0 Å². The minimum Gasteiger partial charge on any atom is -0.354 e. The second-order valence-corrected chi connectivity index (χ2v) is 7.81. The highest BCUT2D eigenvalue weighted by molar-refractivity contribution is 6.28. The highest BCUT2D eigenvalue weighted by Gasteiger charge is 2.15. The van der Waals surface area contributed by atoms with E-state index in [4.69, 9.17) is 0 Å². The number of aliphatic imine (C=N–C) groups is 1. The van der Waals surface area contributed by atoms with Crippen LogP contribution in [-0.4, -0.2) is 17.2 Å². The van der Waals surface area contributed by atoms with Gasteiger partial charge in [0.1, 0.15) is 0 Å². The molecule has 28 heavy (non-hydrogen) atoms. The maximum Gasteiger partial charge on any atom is 0.0712 e. The first-order valence-electron chi connectivity index (χ1n) is 11.0. The van der Waals surface area contributed by atoms with Crippen LogP contribution in [0.4, 0.5) is 5.69 Å². The summed E-state index contributed by atoms with van der Waals surface area (Å²) < 4.78 is 0. The monoisotopic (exact) mass is 374 g/mol. The maximum atomic E-state index is 4.65. The Hall–Kier alpha value is -2.35. The molecule has 0 amide bonds. The molecule has 2 aliphatic rings.